The van der Waals surface area contributed by atoms with Crippen LogP contribution in [0, 0.1) is 5.92 Å². The van der Waals surface area contributed by atoms with Gasteiger partial charge in [-0.2, -0.15) is 0 Å². The largest absolute Gasteiger partial charge is 0.381 e. The first-order valence-electron chi connectivity index (χ1n) is 7.92. The maximum Gasteiger partial charge on any atom is 0.223 e. The van der Waals surface area contributed by atoms with Crippen molar-refractivity contribution in [1.82, 2.24) is 14.8 Å². The molecule has 6 heteroatoms. The number of likely N-dealkylation sites (tertiary alicyclic amines) is 1. The first kappa shape index (κ1) is 17.4. The molecule has 1 fully saturated rings. The summed E-state index contributed by atoms with van der Waals surface area (Å²) in [5, 5.41) is 0. The molecule has 0 saturated carbocycles. The van der Waals surface area contributed by atoms with E-state index >= 15 is 0 Å². The maximum absolute atomic E-state index is 12.5. The highest BCUT2D eigenvalue weighted by atomic mass is 16.5. The van der Waals surface area contributed by atoms with Crippen LogP contribution in [-0.4, -0.2) is 59.9 Å². The molecule has 2 rings (SSSR count). The Labute approximate surface area is 137 Å². The third-order valence-corrected chi connectivity index (χ3v) is 4.44. The van der Waals surface area contributed by atoms with Gasteiger partial charge in [0.15, 0.2) is 0 Å². The molecule has 0 bridgehead atoms. The molecule has 0 spiro atoms. The van der Waals surface area contributed by atoms with Crippen molar-refractivity contribution < 1.29 is 14.3 Å². The van der Waals surface area contributed by atoms with Crippen molar-refractivity contribution in [2.75, 3.05) is 27.2 Å². The molecular formula is C17H25N3O3. The fourth-order valence-corrected chi connectivity index (χ4v) is 3.03. The predicted molar refractivity (Wildman–Crippen MR) is 86.5 cm³/mol. The normalized spacial score (nSPS) is 21.1. The highest BCUT2D eigenvalue weighted by Crippen LogP contribution is 2.23. The molecule has 126 valence electrons. The van der Waals surface area contributed by atoms with Crippen LogP contribution >= 0.6 is 0 Å². The monoisotopic (exact) mass is 319 g/mol. The third kappa shape index (κ3) is 4.76. The summed E-state index contributed by atoms with van der Waals surface area (Å²) in [6.07, 6.45) is 4.65. The first-order valence-corrected chi connectivity index (χ1v) is 7.92. The van der Waals surface area contributed by atoms with Crippen molar-refractivity contribution in [2.45, 2.75) is 32.4 Å². The van der Waals surface area contributed by atoms with E-state index in [-0.39, 0.29) is 23.8 Å². The minimum absolute atomic E-state index is 0.0314. The van der Waals surface area contributed by atoms with Gasteiger partial charge < -0.3 is 14.5 Å². The summed E-state index contributed by atoms with van der Waals surface area (Å²) in [6.45, 7) is 3.41. The molecule has 1 aromatic heterocycles. The van der Waals surface area contributed by atoms with Crippen molar-refractivity contribution in [3.8, 4) is 0 Å². The number of piperidine rings is 1. The summed E-state index contributed by atoms with van der Waals surface area (Å²) in [5.74, 6) is 0.173. The van der Waals surface area contributed by atoms with Gasteiger partial charge in [-0.3, -0.25) is 14.6 Å². The van der Waals surface area contributed by atoms with Crippen molar-refractivity contribution >= 4 is 11.8 Å². The van der Waals surface area contributed by atoms with E-state index in [1.807, 2.05) is 12.1 Å². The molecule has 0 unspecified atom stereocenters. The zero-order chi connectivity index (χ0) is 16.8. The number of methoxy groups -OCH3 is 1. The summed E-state index contributed by atoms with van der Waals surface area (Å²) in [5.41, 5.74) is 1.05. The molecule has 0 radical (unpaired) electrons. The Balaban J connectivity index is 1.94. The SMILES string of the molecule is CO[C@@H]1CCN(C(C)=O)C[C@H]1CC(=O)N(C)Cc1ccncc1. The Morgan fingerprint density at radius 3 is 2.70 bits per heavy atom. The van der Waals surface area contributed by atoms with E-state index < -0.39 is 0 Å². The molecule has 1 aliphatic rings. The molecule has 1 aromatic rings. The molecule has 23 heavy (non-hydrogen) atoms. The molecule has 0 aromatic carbocycles. The second kappa shape index (κ2) is 8.06. The van der Waals surface area contributed by atoms with E-state index in [0.29, 0.717) is 26.1 Å². The number of aromatic nitrogens is 1. The van der Waals surface area contributed by atoms with Crippen LogP contribution in [0.15, 0.2) is 24.5 Å². The van der Waals surface area contributed by atoms with E-state index in [1.165, 1.54) is 0 Å². The van der Waals surface area contributed by atoms with Crippen LogP contribution in [0.25, 0.3) is 0 Å². The van der Waals surface area contributed by atoms with Gasteiger partial charge in [-0.25, -0.2) is 0 Å². The molecule has 2 atom stereocenters. The topological polar surface area (TPSA) is 62.7 Å². The van der Waals surface area contributed by atoms with Crippen molar-refractivity contribution in [1.29, 1.82) is 0 Å². The summed E-state index contributed by atoms with van der Waals surface area (Å²) >= 11 is 0. The van der Waals surface area contributed by atoms with Crippen LogP contribution < -0.4 is 0 Å². The Morgan fingerprint density at radius 1 is 1.39 bits per heavy atom. The second-order valence-electron chi connectivity index (χ2n) is 6.10. The molecule has 2 heterocycles. The van der Waals surface area contributed by atoms with Crippen molar-refractivity contribution in [2.24, 2.45) is 5.92 Å². The van der Waals surface area contributed by atoms with Crippen LogP contribution in [0.1, 0.15) is 25.3 Å². The van der Waals surface area contributed by atoms with Crippen LogP contribution in [0.4, 0.5) is 0 Å². The number of ether oxygens (including phenoxy) is 1. The van der Waals surface area contributed by atoms with Crippen LogP contribution in [0.2, 0.25) is 0 Å². The van der Waals surface area contributed by atoms with Gasteiger partial charge in [-0.1, -0.05) is 0 Å². The van der Waals surface area contributed by atoms with Gasteiger partial charge in [0.25, 0.3) is 0 Å². The summed E-state index contributed by atoms with van der Waals surface area (Å²) in [6, 6.07) is 3.81. The minimum atomic E-state index is 0.0314. The third-order valence-electron chi connectivity index (χ3n) is 4.44. The molecular weight excluding hydrogens is 294 g/mol. The number of nitrogens with zero attached hydrogens (tertiary/aromatic N) is 3. The average molecular weight is 319 g/mol. The van der Waals surface area contributed by atoms with Gasteiger partial charge in [-0.15, -0.1) is 0 Å². The number of hydrogen-bond acceptors (Lipinski definition) is 4. The molecule has 2 amide bonds. The van der Waals surface area contributed by atoms with E-state index in [2.05, 4.69) is 4.98 Å². The van der Waals surface area contributed by atoms with Gasteiger partial charge in [0.1, 0.15) is 0 Å². The number of carbonyl (C=O) groups excluding carboxylic acids is 2. The van der Waals surface area contributed by atoms with E-state index in [1.54, 1.807) is 43.3 Å². The Morgan fingerprint density at radius 2 is 2.09 bits per heavy atom. The van der Waals surface area contributed by atoms with Gasteiger partial charge in [0.05, 0.1) is 6.10 Å². The molecule has 0 N–H and O–H groups in total. The van der Waals surface area contributed by atoms with E-state index in [4.69, 9.17) is 4.74 Å². The number of amides is 2. The molecule has 0 aliphatic carbocycles. The average Bonchev–Trinajstić information content (AvgIpc) is 2.55. The summed E-state index contributed by atoms with van der Waals surface area (Å²) in [4.78, 5) is 31.6. The Hall–Kier alpha value is -1.95. The van der Waals surface area contributed by atoms with Gasteiger partial charge in [0.2, 0.25) is 11.8 Å². The fourth-order valence-electron chi connectivity index (χ4n) is 3.03. The predicted octanol–water partition coefficient (Wildman–Crippen LogP) is 1.31. The lowest BCUT2D eigenvalue weighted by molar-refractivity contribution is -0.139. The summed E-state index contributed by atoms with van der Waals surface area (Å²) in [7, 11) is 3.47. The lowest BCUT2D eigenvalue weighted by atomic mass is 9.91. The second-order valence-corrected chi connectivity index (χ2v) is 6.10. The van der Waals surface area contributed by atoms with Crippen LogP contribution in [0.3, 0.4) is 0 Å². The van der Waals surface area contributed by atoms with Gasteiger partial charge in [-0.05, 0) is 24.1 Å². The lowest BCUT2D eigenvalue weighted by Gasteiger charge is -2.37. The zero-order valence-corrected chi connectivity index (χ0v) is 14.1. The van der Waals surface area contributed by atoms with Crippen molar-refractivity contribution in [3.63, 3.8) is 0 Å². The zero-order valence-electron chi connectivity index (χ0n) is 14.1. The smallest absolute Gasteiger partial charge is 0.223 e. The highest BCUT2D eigenvalue weighted by Gasteiger charge is 2.32. The molecule has 1 saturated heterocycles. The first-order chi connectivity index (χ1) is 11.0. The Bertz CT molecular complexity index is 535. The fraction of sp³-hybridized carbons (Fsp3) is 0.588. The van der Waals surface area contributed by atoms with Crippen LogP contribution in [-0.2, 0) is 20.9 Å². The van der Waals surface area contributed by atoms with Gasteiger partial charge >= 0.3 is 0 Å². The lowest BCUT2D eigenvalue weighted by Crippen LogP contribution is -2.47. The maximum atomic E-state index is 12.5. The summed E-state index contributed by atoms with van der Waals surface area (Å²) < 4.78 is 5.51. The van der Waals surface area contributed by atoms with E-state index in [9.17, 15) is 9.59 Å². The number of carbonyl (C=O) groups is 2. The number of rotatable bonds is 5. The van der Waals surface area contributed by atoms with E-state index in [0.717, 1.165) is 12.0 Å². The van der Waals surface area contributed by atoms with Crippen molar-refractivity contribution in [3.05, 3.63) is 30.1 Å². The number of hydrogen-bond donors (Lipinski definition) is 0. The quantitative estimate of drug-likeness (QED) is 0.821. The standard InChI is InChI=1S/C17H25N3O3/c1-13(21)20-9-6-16(23-3)15(12-20)10-17(22)19(2)11-14-4-7-18-8-5-14/h4-5,7-8,15-16H,6,9-12H2,1-3H3/t15-,16-/m1/s1. The number of pyridine rings is 1. The molecule has 6 nitrogen and oxygen atoms in total. The highest BCUT2D eigenvalue weighted by molar-refractivity contribution is 5.77. The Kier molecular flexibility index (Phi) is 6.10. The minimum Gasteiger partial charge on any atom is -0.381 e. The molecule has 1 aliphatic heterocycles. The van der Waals surface area contributed by atoms with Crippen LogP contribution in [0.5, 0.6) is 0 Å². The van der Waals surface area contributed by atoms with Gasteiger partial charge in [0, 0.05) is 65.4 Å².